The summed E-state index contributed by atoms with van der Waals surface area (Å²) in [7, 11) is 0. The fraction of sp³-hybridized carbons (Fsp3) is 0.167. The maximum Gasteiger partial charge on any atom is 0.216 e. The summed E-state index contributed by atoms with van der Waals surface area (Å²) in [5.74, 6) is 0.273. The number of phenols is 1. The van der Waals surface area contributed by atoms with Crippen LogP contribution >= 0.6 is 0 Å². The van der Waals surface area contributed by atoms with Gasteiger partial charge in [0.05, 0.1) is 11.1 Å². The fourth-order valence-electron chi connectivity index (χ4n) is 2.68. The number of aryl methyl sites for hydroxylation is 3. The van der Waals surface area contributed by atoms with E-state index in [-0.39, 0.29) is 5.75 Å². The summed E-state index contributed by atoms with van der Waals surface area (Å²) in [6, 6.07) is 13.6. The highest BCUT2D eigenvalue weighted by atomic mass is 16.3. The lowest BCUT2D eigenvalue weighted by molar-refractivity contribution is -0.354. The van der Waals surface area contributed by atoms with Gasteiger partial charge in [0.2, 0.25) is 5.52 Å². The average molecular weight is 279 g/mol. The smallest absolute Gasteiger partial charge is 0.216 e. The molecule has 0 spiro atoms. The third-order valence-electron chi connectivity index (χ3n) is 3.60. The van der Waals surface area contributed by atoms with Crippen molar-refractivity contribution < 1.29 is 10.1 Å². The third-order valence-corrected chi connectivity index (χ3v) is 3.60. The second-order valence-corrected chi connectivity index (χ2v) is 5.54. The molecule has 3 aromatic rings. The van der Waals surface area contributed by atoms with Crippen molar-refractivity contribution in [3.63, 3.8) is 0 Å². The molecule has 0 aliphatic rings. The van der Waals surface area contributed by atoms with Crippen LogP contribution in [0.15, 0.2) is 42.5 Å². The quantitative estimate of drug-likeness (QED) is 0.696. The number of hydrogen-bond acceptors (Lipinski definition) is 2. The Bertz CT molecular complexity index is 808. The van der Waals surface area contributed by atoms with Gasteiger partial charge in [0.1, 0.15) is 5.75 Å². The normalized spacial score (nSPS) is 10.8. The molecule has 0 radical (unpaired) electrons. The minimum absolute atomic E-state index is 0.273. The number of anilines is 2. The fourth-order valence-corrected chi connectivity index (χ4v) is 2.68. The van der Waals surface area contributed by atoms with E-state index in [0.29, 0.717) is 0 Å². The van der Waals surface area contributed by atoms with Gasteiger partial charge < -0.3 is 10.4 Å². The van der Waals surface area contributed by atoms with Crippen molar-refractivity contribution in [3.8, 4) is 5.75 Å². The summed E-state index contributed by atoms with van der Waals surface area (Å²) in [5.41, 5.74) is 6.77. The second-order valence-electron chi connectivity index (χ2n) is 5.54. The molecule has 0 aliphatic carbocycles. The van der Waals surface area contributed by atoms with Crippen LogP contribution in [-0.2, 0) is 0 Å². The lowest BCUT2D eigenvalue weighted by Crippen LogP contribution is -2.11. The monoisotopic (exact) mass is 279 g/mol. The predicted molar refractivity (Wildman–Crippen MR) is 86.1 cm³/mol. The summed E-state index contributed by atoms with van der Waals surface area (Å²) in [6.45, 7) is 6.28. The first-order valence-electron chi connectivity index (χ1n) is 7.03. The molecule has 106 valence electrons. The number of rotatable bonds is 2. The molecule has 3 nitrogen and oxygen atoms in total. The predicted octanol–water partition coefficient (Wildman–Crippen LogP) is 4.03. The van der Waals surface area contributed by atoms with Gasteiger partial charge in [-0.2, -0.15) is 0 Å². The van der Waals surface area contributed by atoms with Gasteiger partial charge in [0.15, 0.2) is 5.69 Å². The Kier molecular flexibility index (Phi) is 3.26. The SMILES string of the molecule is Cc1cc(C)c2[nH+]c(C)cc(Nc3ccc(O)cc3)c2c1. The molecule has 0 amide bonds. The number of nitrogens with one attached hydrogen (secondary N) is 2. The molecule has 3 N–H and O–H groups in total. The lowest BCUT2D eigenvalue weighted by atomic mass is 10.0. The summed E-state index contributed by atoms with van der Waals surface area (Å²) in [5, 5.41) is 14.0. The third kappa shape index (κ3) is 2.68. The number of hydrogen-bond donors (Lipinski definition) is 2. The second kappa shape index (κ2) is 5.09. The summed E-state index contributed by atoms with van der Waals surface area (Å²) >= 11 is 0. The van der Waals surface area contributed by atoms with Gasteiger partial charge in [0, 0.05) is 24.2 Å². The zero-order valence-corrected chi connectivity index (χ0v) is 12.5. The van der Waals surface area contributed by atoms with Crippen LogP contribution in [0.3, 0.4) is 0 Å². The number of H-pyrrole nitrogens is 1. The van der Waals surface area contributed by atoms with Crippen LogP contribution in [-0.4, -0.2) is 5.11 Å². The van der Waals surface area contributed by atoms with E-state index in [0.717, 1.165) is 22.6 Å². The first-order chi connectivity index (χ1) is 10.0. The van der Waals surface area contributed by atoms with E-state index >= 15 is 0 Å². The van der Waals surface area contributed by atoms with E-state index in [2.05, 4.69) is 49.3 Å². The zero-order chi connectivity index (χ0) is 15.0. The highest BCUT2D eigenvalue weighted by molar-refractivity contribution is 5.93. The minimum atomic E-state index is 0.273. The lowest BCUT2D eigenvalue weighted by Gasteiger charge is -2.10. The van der Waals surface area contributed by atoms with Gasteiger partial charge in [-0.05, 0) is 55.8 Å². The maximum atomic E-state index is 9.38. The van der Waals surface area contributed by atoms with Gasteiger partial charge in [-0.1, -0.05) is 0 Å². The molecule has 0 saturated heterocycles. The highest BCUT2D eigenvalue weighted by Gasteiger charge is 2.12. The van der Waals surface area contributed by atoms with E-state index in [1.807, 2.05) is 12.1 Å². The molecular weight excluding hydrogens is 260 g/mol. The topological polar surface area (TPSA) is 46.4 Å². The van der Waals surface area contributed by atoms with Crippen LogP contribution in [0.2, 0.25) is 0 Å². The Hall–Kier alpha value is -2.55. The molecule has 0 saturated carbocycles. The van der Waals surface area contributed by atoms with Crippen LogP contribution in [0.25, 0.3) is 10.9 Å². The summed E-state index contributed by atoms with van der Waals surface area (Å²) in [4.78, 5) is 3.44. The highest BCUT2D eigenvalue weighted by Crippen LogP contribution is 2.28. The molecular formula is C18H19N2O+. The summed E-state index contributed by atoms with van der Waals surface area (Å²) in [6.07, 6.45) is 0. The molecule has 2 aromatic carbocycles. The van der Waals surface area contributed by atoms with Crippen molar-refractivity contribution in [2.45, 2.75) is 20.8 Å². The van der Waals surface area contributed by atoms with Crippen molar-refractivity contribution in [1.82, 2.24) is 0 Å². The molecule has 0 fully saturated rings. The Morgan fingerprint density at radius 1 is 0.952 bits per heavy atom. The van der Waals surface area contributed by atoms with Crippen LogP contribution in [0.5, 0.6) is 5.75 Å². The number of benzene rings is 2. The number of pyridine rings is 1. The molecule has 1 heterocycles. The Morgan fingerprint density at radius 3 is 2.38 bits per heavy atom. The summed E-state index contributed by atoms with van der Waals surface area (Å²) < 4.78 is 0. The van der Waals surface area contributed by atoms with Gasteiger partial charge in [-0.15, -0.1) is 0 Å². The number of aromatic nitrogens is 1. The zero-order valence-electron chi connectivity index (χ0n) is 12.5. The minimum Gasteiger partial charge on any atom is -0.508 e. The van der Waals surface area contributed by atoms with E-state index < -0.39 is 0 Å². The van der Waals surface area contributed by atoms with Crippen molar-refractivity contribution in [2.24, 2.45) is 0 Å². The molecule has 0 unspecified atom stereocenters. The molecule has 21 heavy (non-hydrogen) atoms. The molecule has 1 aromatic heterocycles. The molecule has 3 heteroatoms. The maximum absolute atomic E-state index is 9.38. The van der Waals surface area contributed by atoms with Crippen LogP contribution in [0, 0.1) is 20.8 Å². The number of aromatic amines is 1. The van der Waals surface area contributed by atoms with E-state index in [1.54, 1.807) is 12.1 Å². The largest absolute Gasteiger partial charge is 0.508 e. The Morgan fingerprint density at radius 2 is 1.67 bits per heavy atom. The van der Waals surface area contributed by atoms with Crippen LogP contribution in [0.4, 0.5) is 11.4 Å². The molecule has 3 rings (SSSR count). The van der Waals surface area contributed by atoms with E-state index in [1.165, 1.54) is 16.5 Å². The molecule has 0 aliphatic heterocycles. The standard InChI is InChI=1S/C18H18N2O/c1-11-8-12(2)18-16(9-11)17(10-13(3)19-18)20-14-4-6-15(21)7-5-14/h4-10,21H,1-3H3,(H,19,20)/p+1. The van der Waals surface area contributed by atoms with Gasteiger partial charge >= 0.3 is 0 Å². The van der Waals surface area contributed by atoms with Crippen molar-refractivity contribution in [3.05, 3.63) is 59.3 Å². The first kappa shape index (κ1) is 13.4. The van der Waals surface area contributed by atoms with Crippen molar-refractivity contribution >= 4 is 22.3 Å². The van der Waals surface area contributed by atoms with E-state index in [9.17, 15) is 5.11 Å². The molecule has 0 bridgehead atoms. The van der Waals surface area contributed by atoms with Crippen LogP contribution < -0.4 is 10.3 Å². The average Bonchev–Trinajstić information content (AvgIpc) is 2.43. The number of fused-ring (bicyclic) bond motifs is 1. The Balaban J connectivity index is 2.15. The van der Waals surface area contributed by atoms with Gasteiger partial charge in [-0.3, -0.25) is 0 Å². The Labute approximate surface area is 124 Å². The van der Waals surface area contributed by atoms with Gasteiger partial charge in [0.25, 0.3) is 0 Å². The molecule has 0 atom stereocenters. The first-order valence-corrected chi connectivity index (χ1v) is 7.03. The van der Waals surface area contributed by atoms with E-state index in [4.69, 9.17) is 0 Å². The van der Waals surface area contributed by atoms with Crippen LogP contribution in [0.1, 0.15) is 16.8 Å². The van der Waals surface area contributed by atoms with Crippen molar-refractivity contribution in [1.29, 1.82) is 0 Å². The number of aromatic hydroxyl groups is 1. The van der Waals surface area contributed by atoms with Gasteiger partial charge in [-0.25, -0.2) is 4.98 Å². The number of phenolic OH excluding ortho intramolecular Hbond substituents is 1. The van der Waals surface area contributed by atoms with Crippen molar-refractivity contribution in [2.75, 3.05) is 5.32 Å².